The van der Waals surface area contributed by atoms with E-state index in [1.165, 1.54) is 11.3 Å². The van der Waals surface area contributed by atoms with Crippen LogP contribution in [0.1, 0.15) is 57.6 Å². The minimum absolute atomic E-state index is 0.295. The summed E-state index contributed by atoms with van der Waals surface area (Å²) in [4.78, 5) is 27.9. The number of thiazole rings is 1. The molecule has 6 nitrogen and oxygen atoms in total. The number of aromatic nitrogens is 1. The van der Waals surface area contributed by atoms with Gasteiger partial charge < -0.3 is 10.4 Å². The topological polar surface area (TPSA) is 91.3 Å². The zero-order valence-corrected chi connectivity index (χ0v) is 13.1. The average Bonchev–Trinajstić information content (AvgIpc) is 2.88. The van der Waals surface area contributed by atoms with Crippen molar-refractivity contribution in [1.82, 2.24) is 10.3 Å². The predicted molar refractivity (Wildman–Crippen MR) is 81.8 cm³/mol. The number of carbonyl (C=O) groups is 2. The van der Waals surface area contributed by atoms with Crippen molar-refractivity contribution in [3.63, 3.8) is 0 Å². The maximum Gasteiger partial charge on any atom is 0.329 e. The molecule has 1 fully saturated rings. The minimum Gasteiger partial charge on any atom is -0.480 e. The number of nitrogens with zero attached hydrogens (tertiary/aromatic N) is 1. The summed E-state index contributed by atoms with van der Waals surface area (Å²) >= 11 is 1.35. The first-order valence-electron chi connectivity index (χ1n) is 7.21. The van der Waals surface area contributed by atoms with Gasteiger partial charge in [-0.05, 0) is 18.8 Å². The summed E-state index contributed by atoms with van der Waals surface area (Å²) in [6.07, 6.45) is 3.61. The molecule has 1 saturated carbocycles. The maximum absolute atomic E-state index is 12.1. The van der Waals surface area contributed by atoms with Crippen LogP contribution in [0.2, 0.25) is 0 Å². The molecule has 0 spiro atoms. The highest BCUT2D eigenvalue weighted by Crippen LogP contribution is 2.29. The number of rotatable bonds is 4. The highest BCUT2D eigenvalue weighted by molar-refractivity contribution is 7.13. The van der Waals surface area contributed by atoms with Gasteiger partial charge in [-0.15, -0.1) is 11.3 Å². The van der Waals surface area contributed by atoms with Crippen LogP contribution in [0, 0.1) is 0 Å². The molecule has 1 aliphatic rings. The first-order chi connectivity index (χ1) is 9.93. The van der Waals surface area contributed by atoms with Crippen molar-refractivity contribution < 1.29 is 14.7 Å². The summed E-state index contributed by atoms with van der Waals surface area (Å²) in [5.74, 6) is -0.664. The molecule has 116 valence electrons. The third-order valence-electron chi connectivity index (χ3n) is 3.80. The predicted octanol–water partition coefficient (Wildman–Crippen LogP) is 3.18. The van der Waals surface area contributed by atoms with Crippen LogP contribution in [0.25, 0.3) is 0 Å². The van der Waals surface area contributed by atoms with Gasteiger partial charge in [-0.25, -0.2) is 14.6 Å². The molecule has 0 bridgehead atoms. The minimum atomic E-state index is -1.14. The van der Waals surface area contributed by atoms with Crippen LogP contribution in [0.5, 0.6) is 0 Å². The molecule has 0 aliphatic heterocycles. The van der Waals surface area contributed by atoms with Crippen molar-refractivity contribution in [2.24, 2.45) is 0 Å². The van der Waals surface area contributed by atoms with Crippen molar-refractivity contribution in [3.8, 4) is 0 Å². The van der Waals surface area contributed by atoms with Crippen LogP contribution in [0.3, 0.4) is 0 Å². The highest BCUT2D eigenvalue weighted by atomic mass is 32.1. The van der Waals surface area contributed by atoms with E-state index in [4.69, 9.17) is 0 Å². The van der Waals surface area contributed by atoms with Gasteiger partial charge in [0.15, 0.2) is 5.13 Å². The van der Waals surface area contributed by atoms with Gasteiger partial charge in [0.25, 0.3) is 0 Å². The van der Waals surface area contributed by atoms with Crippen molar-refractivity contribution in [1.29, 1.82) is 0 Å². The van der Waals surface area contributed by atoms with Crippen molar-refractivity contribution in [2.75, 3.05) is 5.32 Å². The smallest absolute Gasteiger partial charge is 0.329 e. The van der Waals surface area contributed by atoms with Gasteiger partial charge in [0, 0.05) is 5.38 Å². The van der Waals surface area contributed by atoms with Gasteiger partial charge in [-0.2, -0.15) is 0 Å². The Morgan fingerprint density at radius 2 is 2.00 bits per heavy atom. The van der Waals surface area contributed by atoms with E-state index in [0.29, 0.717) is 23.9 Å². The number of hydrogen-bond acceptors (Lipinski definition) is 4. The monoisotopic (exact) mass is 311 g/mol. The number of urea groups is 1. The fourth-order valence-corrected chi connectivity index (χ4v) is 3.37. The molecule has 0 unspecified atom stereocenters. The quantitative estimate of drug-likeness (QED) is 0.796. The molecule has 3 N–H and O–H groups in total. The second-order valence-corrected chi connectivity index (χ2v) is 6.62. The zero-order valence-electron chi connectivity index (χ0n) is 12.3. The summed E-state index contributed by atoms with van der Waals surface area (Å²) in [7, 11) is 0. The molecule has 1 aliphatic carbocycles. The number of carboxylic acids is 1. The molecule has 1 aromatic rings. The fourth-order valence-electron chi connectivity index (χ4n) is 2.50. The molecule has 0 atom stereocenters. The Morgan fingerprint density at radius 3 is 2.52 bits per heavy atom. The number of amides is 2. The van der Waals surface area contributed by atoms with E-state index in [9.17, 15) is 14.7 Å². The van der Waals surface area contributed by atoms with Gasteiger partial charge in [0.2, 0.25) is 0 Å². The summed E-state index contributed by atoms with van der Waals surface area (Å²) in [5.41, 5.74) is -0.221. The normalized spacial score (nSPS) is 17.5. The lowest BCUT2D eigenvalue weighted by Crippen LogP contribution is -2.56. The van der Waals surface area contributed by atoms with Crippen LogP contribution in [-0.4, -0.2) is 27.6 Å². The Morgan fingerprint density at radius 1 is 1.33 bits per heavy atom. The second kappa shape index (κ2) is 6.43. The molecule has 1 heterocycles. The largest absolute Gasteiger partial charge is 0.480 e. The Balaban J connectivity index is 2.00. The Hall–Kier alpha value is -1.63. The second-order valence-electron chi connectivity index (χ2n) is 5.76. The number of anilines is 1. The Labute approximate surface area is 128 Å². The van der Waals surface area contributed by atoms with Gasteiger partial charge >= 0.3 is 12.0 Å². The van der Waals surface area contributed by atoms with E-state index in [1.54, 1.807) is 0 Å². The Kier molecular flexibility index (Phi) is 4.82. The number of hydrogen-bond donors (Lipinski definition) is 3. The molecule has 2 rings (SSSR count). The van der Waals surface area contributed by atoms with Crippen LogP contribution in [0.15, 0.2) is 5.38 Å². The first-order valence-corrected chi connectivity index (χ1v) is 8.09. The van der Waals surface area contributed by atoms with E-state index < -0.39 is 17.5 Å². The van der Waals surface area contributed by atoms with E-state index in [0.717, 1.165) is 25.0 Å². The van der Waals surface area contributed by atoms with Crippen LogP contribution < -0.4 is 10.6 Å². The lowest BCUT2D eigenvalue weighted by molar-refractivity contribution is -0.145. The van der Waals surface area contributed by atoms with E-state index in [-0.39, 0.29) is 0 Å². The van der Waals surface area contributed by atoms with Crippen LogP contribution >= 0.6 is 11.3 Å². The van der Waals surface area contributed by atoms with E-state index >= 15 is 0 Å². The zero-order chi connectivity index (χ0) is 15.5. The summed E-state index contributed by atoms with van der Waals surface area (Å²) in [5, 5.41) is 17.1. The standard InChI is InChI=1S/C14H21N3O3S/c1-9(2)10-8-21-13(15-10)16-12(20)17-14(11(18)19)6-4-3-5-7-14/h8-9H,3-7H2,1-2H3,(H,18,19)(H2,15,16,17,20). The molecular formula is C14H21N3O3S. The van der Waals surface area contributed by atoms with E-state index in [1.807, 2.05) is 19.2 Å². The number of aliphatic carboxylic acids is 1. The Bertz CT molecular complexity index is 521. The van der Waals surface area contributed by atoms with Crippen molar-refractivity contribution in [2.45, 2.75) is 57.4 Å². The molecule has 1 aromatic heterocycles. The first kappa shape index (κ1) is 15.8. The van der Waals surface area contributed by atoms with Crippen molar-refractivity contribution in [3.05, 3.63) is 11.1 Å². The molecule has 21 heavy (non-hydrogen) atoms. The van der Waals surface area contributed by atoms with Crippen LogP contribution in [0.4, 0.5) is 9.93 Å². The van der Waals surface area contributed by atoms with Gasteiger partial charge in [0.1, 0.15) is 5.54 Å². The number of carbonyl (C=O) groups excluding carboxylic acids is 1. The summed E-state index contributed by atoms with van der Waals surface area (Å²) in [6.45, 7) is 4.06. The lowest BCUT2D eigenvalue weighted by atomic mass is 9.82. The summed E-state index contributed by atoms with van der Waals surface area (Å²) in [6, 6.07) is -0.496. The number of carboxylic acid groups (broad SMARTS) is 1. The summed E-state index contributed by atoms with van der Waals surface area (Å²) < 4.78 is 0. The van der Waals surface area contributed by atoms with Gasteiger partial charge in [-0.3, -0.25) is 5.32 Å². The molecule has 7 heteroatoms. The molecule has 2 amide bonds. The van der Waals surface area contributed by atoms with Crippen LogP contribution in [-0.2, 0) is 4.79 Å². The van der Waals surface area contributed by atoms with E-state index in [2.05, 4.69) is 15.6 Å². The van der Waals surface area contributed by atoms with Gasteiger partial charge in [-0.1, -0.05) is 33.1 Å². The highest BCUT2D eigenvalue weighted by Gasteiger charge is 2.41. The third-order valence-corrected chi connectivity index (χ3v) is 4.58. The molecule has 0 radical (unpaired) electrons. The van der Waals surface area contributed by atoms with Gasteiger partial charge in [0.05, 0.1) is 5.69 Å². The number of nitrogens with one attached hydrogen (secondary N) is 2. The molecule has 0 aromatic carbocycles. The SMILES string of the molecule is CC(C)c1csc(NC(=O)NC2(C(=O)O)CCCCC2)n1. The average molecular weight is 311 g/mol. The fraction of sp³-hybridized carbons (Fsp3) is 0.643. The third kappa shape index (κ3) is 3.72. The maximum atomic E-state index is 12.1. The van der Waals surface area contributed by atoms with Crippen molar-refractivity contribution >= 4 is 28.5 Å². The lowest BCUT2D eigenvalue weighted by Gasteiger charge is -2.33. The molecular weight excluding hydrogens is 290 g/mol. The molecule has 0 saturated heterocycles.